The number of aryl methyl sites for hydroxylation is 1. The number of rotatable bonds is 7. The van der Waals surface area contributed by atoms with Crippen LogP contribution in [0.25, 0.3) is 11.3 Å². The van der Waals surface area contributed by atoms with Crippen molar-refractivity contribution in [2.24, 2.45) is 7.05 Å². The highest BCUT2D eigenvalue weighted by atomic mass is 16.1. The highest BCUT2D eigenvalue weighted by Crippen LogP contribution is 2.22. The summed E-state index contributed by atoms with van der Waals surface area (Å²) in [6.45, 7) is 2.10. The lowest BCUT2D eigenvalue weighted by Crippen LogP contribution is -2.30. The summed E-state index contributed by atoms with van der Waals surface area (Å²) in [4.78, 5) is 27.8. The van der Waals surface area contributed by atoms with Crippen molar-refractivity contribution in [3.8, 4) is 11.3 Å². The van der Waals surface area contributed by atoms with Crippen molar-refractivity contribution in [2.75, 3.05) is 19.0 Å². The molecule has 0 aliphatic carbocycles. The quantitative estimate of drug-likeness (QED) is 0.683. The molecule has 1 N–H and O–H groups in total. The molecule has 2 aromatic heterocycles. The molecule has 0 saturated heterocycles. The highest BCUT2D eigenvalue weighted by molar-refractivity contribution is 5.95. The Morgan fingerprint density at radius 2 is 2.04 bits per heavy atom. The molecule has 0 aliphatic rings. The molecule has 3 rings (SSSR count). The Kier molecular flexibility index (Phi) is 6.03. The van der Waals surface area contributed by atoms with Gasteiger partial charge in [0, 0.05) is 50.7 Å². The first kappa shape index (κ1) is 19.5. The number of hydrogen-bond donors (Lipinski definition) is 1. The molecule has 0 unspecified atom stereocenters. The standard InChI is InChI=1S/C21H26N6O/c1-5-7-17(20-22-10-11-27(20)4)25-21(28)16-9-6-8-15(12-16)18-13-19(26(2)3)24-14-23-18/h6,8-14,17H,5,7H2,1-4H3,(H,25,28)/t17-/m0/s1. The summed E-state index contributed by atoms with van der Waals surface area (Å²) in [7, 11) is 5.80. The van der Waals surface area contributed by atoms with Crippen LogP contribution in [-0.2, 0) is 7.05 Å². The zero-order chi connectivity index (χ0) is 20.1. The van der Waals surface area contributed by atoms with Gasteiger partial charge in [0.1, 0.15) is 18.0 Å². The third-order valence-corrected chi connectivity index (χ3v) is 4.58. The summed E-state index contributed by atoms with van der Waals surface area (Å²) < 4.78 is 1.95. The van der Waals surface area contributed by atoms with Gasteiger partial charge in [-0.2, -0.15) is 0 Å². The SMILES string of the molecule is CCC[C@H](NC(=O)c1cccc(-c2cc(N(C)C)ncn2)c1)c1nccn1C. The van der Waals surface area contributed by atoms with Crippen LogP contribution in [0.3, 0.4) is 0 Å². The van der Waals surface area contributed by atoms with E-state index in [1.807, 2.05) is 67.1 Å². The van der Waals surface area contributed by atoms with Gasteiger partial charge in [0.15, 0.2) is 0 Å². The van der Waals surface area contributed by atoms with Gasteiger partial charge in [0.05, 0.1) is 11.7 Å². The maximum absolute atomic E-state index is 12.9. The summed E-state index contributed by atoms with van der Waals surface area (Å²) in [5.41, 5.74) is 2.25. The predicted molar refractivity (Wildman–Crippen MR) is 110 cm³/mol. The maximum atomic E-state index is 12.9. The fraction of sp³-hybridized carbons (Fsp3) is 0.333. The Bertz CT molecular complexity index is 949. The summed E-state index contributed by atoms with van der Waals surface area (Å²) in [5, 5.41) is 3.12. The molecule has 7 heteroatoms. The predicted octanol–water partition coefficient (Wildman–Crippen LogP) is 3.21. The van der Waals surface area contributed by atoms with Crippen molar-refractivity contribution < 1.29 is 4.79 Å². The molecule has 1 atom stereocenters. The monoisotopic (exact) mass is 378 g/mol. The summed E-state index contributed by atoms with van der Waals surface area (Å²) in [5.74, 6) is 1.56. The molecule has 28 heavy (non-hydrogen) atoms. The summed E-state index contributed by atoms with van der Waals surface area (Å²) >= 11 is 0. The van der Waals surface area contributed by atoms with Crippen LogP contribution in [0.4, 0.5) is 5.82 Å². The number of benzene rings is 1. The minimum Gasteiger partial charge on any atom is -0.363 e. The van der Waals surface area contributed by atoms with Crippen LogP contribution >= 0.6 is 0 Å². The lowest BCUT2D eigenvalue weighted by Gasteiger charge is -2.18. The van der Waals surface area contributed by atoms with Crippen LogP contribution in [0.2, 0.25) is 0 Å². The third kappa shape index (κ3) is 4.36. The third-order valence-electron chi connectivity index (χ3n) is 4.58. The Morgan fingerprint density at radius 1 is 1.21 bits per heavy atom. The molecule has 2 heterocycles. The Balaban J connectivity index is 1.84. The zero-order valence-electron chi connectivity index (χ0n) is 16.8. The number of anilines is 1. The molecule has 0 spiro atoms. The molecule has 0 fully saturated rings. The van der Waals surface area contributed by atoms with E-state index in [2.05, 4.69) is 27.2 Å². The molecule has 146 valence electrons. The van der Waals surface area contributed by atoms with Gasteiger partial charge < -0.3 is 14.8 Å². The number of carbonyl (C=O) groups excluding carboxylic acids is 1. The number of nitrogens with zero attached hydrogens (tertiary/aromatic N) is 5. The minimum absolute atomic E-state index is 0.120. The molecule has 7 nitrogen and oxygen atoms in total. The molecule has 1 aromatic carbocycles. The zero-order valence-corrected chi connectivity index (χ0v) is 16.8. The van der Waals surface area contributed by atoms with E-state index in [0.29, 0.717) is 5.56 Å². The van der Waals surface area contributed by atoms with E-state index in [1.165, 1.54) is 6.33 Å². The second-order valence-corrected chi connectivity index (χ2v) is 6.95. The molecule has 3 aromatic rings. The van der Waals surface area contributed by atoms with E-state index in [4.69, 9.17) is 0 Å². The van der Waals surface area contributed by atoms with Crippen molar-refractivity contribution in [2.45, 2.75) is 25.8 Å². The van der Waals surface area contributed by atoms with Gasteiger partial charge in [-0.3, -0.25) is 4.79 Å². The normalized spacial score (nSPS) is 11.9. The Morgan fingerprint density at radius 3 is 2.71 bits per heavy atom. The molecule has 0 radical (unpaired) electrons. The first-order valence-corrected chi connectivity index (χ1v) is 9.37. The summed E-state index contributed by atoms with van der Waals surface area (Å²) in [6.07, 6.45) is 6.96. The van der Waals surface area contributed by atoms with E-state index < -0.39 is 0 Å². The van der Waals surface area contributed by atoms with Crippen molar-refractivity contribution in [1.29, 1.82) is 0 Å². The number of carbonyl (C=O) groups is 1. The van der Waals surface area contributed by atoms with Crippen LogP contribution in [0.15, 0.2) is 49.1 Å². The maximum Gasteiger partial charge on any atom is 0.251 e. The number of amides is 1. The molecule has 0 bridgehead atoms. The van der Waals surface area contributed by atoms with Gasteiger partial charge in [-0.05, 0) is 18.6 Å². The lowest BCUT2D eigenvalue weighted by molar-refractivity contribution is 0.0932. The minimum atomic E-state index is -0.124. The number of nitrogens with one attached hydrogen (secondary N) is 1. The number of aromatic nitrogens is 4. The first-order chi connectivity index (χ1) is 13.5. The molecular formula is C21H26N6O. The fourth-order valence-electron chi connectivity index (χ4n) is 3.08. The van der Waals surface area contributed by atoms with Crippen molar-refractivity contribution in [3.63, 3.8) is 0 Å². The fourth-order valence-corrected chi connectivity index (χ4v) is 3.08. The summed E-state index contributed by atoms with van der Waals surface area (Å²) in [6, 6.07) is 9.27. The first-order valence-electron chi connectivity index (χ1n) is 9.37. The molecule has 0 saturated carbocycles. The van der Waals surface area contributed by atoms with Gasteiger partial charge in [0.25, 0.3) is 5.91 Å². The van der Waals surface area contributed by atoms with Gasteiger partial charge in [-0.25, -0.2) is 15.0 Å². The van der Waals surface area contributed by atoms with Gasteiger partial charge in [0.2, 0.25) is 0 Å². The average Bonchev–Trinajstić information content (AvgIpc) is 3.13. The second kappa shape index (κ2) is 8.65. The largest absolute Gasteiger partial charge is 0.363 e. The second-order valence-electron chi connectivity index (χ2n) is 6.95. The van der Waals surface area contributed by atoms with Gasteiger partial charge >= 0.3 is 0 Å². The van der Waals surface area contributed by atoms with Gasteiger partial charge in [-0.1, -0.05) is 25.5 Å². The van der Waals surface area contributed by atoms with Crippen LogP contribution < -0.4 is 10.2 Å². The van der Waals surface area contributed by atoms with Crippen LogP contribution in [0.5, 0.6) is 0 Å². The molecule has 1 amide bonds. The Labute approximate surface area is 165 Å². The lowest BCUT2D eigenvalue weighted by atomic mass is 10.1. The molecule has 0 aliphatic heterocycles. The molecular weight excluding hydrogens is 352 g/mol. The van der Waals surface area contributed by atoms with Crippen molar-refractivity contribution in [3.05, 3.63) is 60.4 Å². The van der Waals surface area contributed by atoms with E-state index in [1.54, 1.807) is 6.20 Å². The highest BCUT2D eigenvalue weighted by Gasteiger charge is 2.19. The smallest absolute Gasteiger partial charge is 0.251 e. The van der Waals surface area contributed by atoms with E-state index in [-0.39, 0.29) is 11.9 Å². The number of hydrogen-bond acceptors (Lipinski definition) is 5. The average molecular weight is 378 g/mol. The van der Waals surface area contributed by atoms with E-state index in [9.17, 15) is 4.79 Å². The topological polar surface area (TPSA) is 75.9 Å². The van der Waals surface area contributed by atoms with Crippen molar-refractivity contribution >= 4 is 11.7 Å². The number of imidazole rings is 1. The van der Waals surface area contributed by atoms with Crippen LogP contribution in [-0.4, -0.2) is 39.5 Å². The van der Waals surface area contributed by atoms with Crippen LogP contribution in [0, 0.1) is 0 Å². The van der Waals surface area contributed by atoms with E-state index in [0.717, 1.165) is 35.7 Å². The van der Waals surface area contributed by atoms with Crippen molar-refractivity contribution in [1.82, 2.24) is 24.8 Å². The van der Waals surface area contributed by atoms with E-state index >= 15 is 0 Å². The van der Waals surface area contributed by atoms with Gasteiger partial charge in [-0.15, -0.1) is 0 Å². The van der Waals surface area contributed by atoms with Crippen LogP contribution in [0.1, 0.15) is 42.0 Å². The Hall–Kier alpha value is -3.22.